The Balaban J connectivity index is 1.98. The highest BCUT2D eigenvalue weighted by Crippen LogP contribution is 2.17. The van der Waals surface area contributed by atoms with E-state index in [0.717, 1.165) is 31.6 Å². The molecule has 1 amide bonds. The van der Waals surface area contributed by atoms with Crippen molar-refractivity contribution in [3.05, 3.63) is 29.8 Å². The fraction of sp³-hybridized carbons (Fsp3) is 0.533. The number of piperidine rings is 1. The van der Waals surface area contributed by atoms with Crippen molar-refractivity contribution in [1.82, 2.24) is 4.90 Å². The molecule has 0 unspecified atom stereocenters. The molecular weight excluding hydrogens is 242 g/mol. The van der Waals surface area contributed by atoms with Gasteiger partial charge in [0.15, 0.2) is 0 Å². The van der Waals surface area contributed by atoms with Crippen LogP contribution in [-0.2, 0) is 0 Å². The Morgan fingerprint density at radius 2 is 2.16 bits per heavy atom. The third-order valence-corrected chi connectivity index (χ3v) is 3.26. The van der Waals surface area contributed by atoms with Crippen molar-refractivity contribution in [3.8, 4) is 5.75 Å². The van der Waals surface area contributed by atoms with Crippen LogP contribution in [0.25, 0.3) is 0 Å². The highest BCUT2D eigenvalue weighted by Gasteiger charge is 2.22. The van der Waals surface area contributed by atoms with Gasteiger partial charge in [-0.05, 0) is 43.5 Å². The minimum Gasteiger partial charge on any atom is -0.494 e. The normalized spacial score (nSPS) is 19.3. The van der Waals surface area contributed by atoms with Crippen LogP contribution in [0.1, 0.15) is 36.5 Å². The smallest absolute Gasteiger partial charge is 0.253 e. The van der Waals surface area contributed by atoms with Crippen LogP contribution in [0.3, 0.4) is 0 Å². The van der Waals surface area contributed by atoms with Crippen LogP contribution in [0, 0.1) is 0 Å². The summed E-state index contributed by atoms with van der Waals surface area (Å²) < 4.78 is 5.49. The fourth-order valence-electron chi connectivity index (χ4n) is 2.24. The van der Waals surface area contributed by atoms with Crippen molar-refractivity contribution in [2.24, 2.45) is 0 Å². The first-order valence-corrected chi connectivity index (χ1v) is 6.91. The van der Waals surface area contributed by atoms with Crippen LogP contribution in [0.4, 0.5) is 0 Å². The fourth-order valence-corrected chi connectivity index (χ4v) is 2.24. The Labute approximate surface area is 114 Å². The highest BCUT2D eigenvalue weighted by molar-refractivity contribution is 5.94. The first kappa shape index (κ1) is 13.9. The summed E-state index contributed by atoms with van der Waals surface area (Å²) in [5, 5.41) is 9.60. The molecule has 0 saturated carbocycles. The molecule has 4 nitrogen and oxygen atoms in total. The predicted octanol–water partition coefficient (Wildman–Crippen LogP) is 2.07. The first-order chi connectivity index (χ1) is 9.20. The number of likely N-dealkylation sites (tertiary alicyclic amines) is 1. The van der Waals surface area contributed by atoms with Crippen molar-refractivity contribution in [2.75, 3.05) is 19.7 Å². The van der Waals surface area contributed by atoms with E-state index in [9.17, 15) is 9.90 Å². The van der Waals surface area contributed by atoms with Gasteiger partial charge >= 0.3 is 0 Å². The zero-order valence-corrected chi connectivity index (χ0v) is 11.3. The third-order valence-electron chi connectivity index (χ3n) is 3.26. The van der Waals surface area contributed by atoms with E-state index in [2.05, 4.69) is 6.92 Å². The second-order valence-corrected chi connectivity index (χ2v) is 4.92. The van der Waals surface area contributed by atoms with Crippen molar-refractivity contribution in [2.45, 2.75) is 32.3 Å². The van der Waals surface area contributed by atoms with Gasteiger partial charge in [0.05, 0.1) is 12.7 Å². The van der Waals surface area contributed by atoms with E-state index < -0.39 is 0 Å². The molecule has 1 fully saturated rings. The Bertz CT molecular complexity index is 416. The van der Waals surface area contributed by atoms with Crippen LogP contribution in [0.15, 0.2) is 24.3 Å². The lowest BCUT2D eigenvalue weighted by atomic mass is 10.1. The number of carbonyl (C=O) groups excluding carboxylic acids is 1. The molecule has 1 N–H and O–H groups in total. The van der Waals surface area contributed by atoms with Gasteiger partial charge in [0.1, 0.15) is 5.75 Å². The number of ether oxygens (including phenoxy) is 1. The summed E-state index contributed by atoms with van der Waals surface area (Å²) >= 11 is 0. The van der Waals surface area contributed by atoms with Crippen molar-refractivity contribution in [3.63, 3.8) is 0 Å². The van der Waals surface area contributed by atoms with Crippen LogP contribution >= 0.6 is 0 Å². The van der Waals surface area contributed by atoms with Crippen LogP contribution in [0.2, 0.25) is 0 Å². The lowest BCUT2D eigenvalue weighted by Crippen LogP contribution is -2.42. The summed E-state index contributed by atoms with van der Waals surface area (Å²) in [4.78, 5) is 14.0. The lowest BCUT2D eigenvalue weighted by Gasteiger charge is -2.30. The summed E-state index contributed by atoms with van der Waals surface area (Å²) in [6.45, 7) is 3.90. The first-order valence-electron chi connectivity index (χ1n) is 6.91. The van der Waals surface area contributed by atoms with E-state index in [1.54, 1.807) is 17.0 Å². The maximum absolute atomic E-state index is 12.2. The largest absolute Gasteiger partial charge is 0.494 e. The van der Waals surface area contributed by atoms with E-state index in [1.165, 1.54) is 0 Å². The molecule has 1 aromatic carbocycles. The van der Waals surface area contributed by atoms with Crippen molar-refractivity contribution >= 4 is 5.91 Å². The number of aliphatic hydroxyl groups excluding tert-OH is 1. The zero-order chi connectivity index (χ0) is 13.7. The van der Waals surface area contributed by atoms with Gasteiger partial charge in [-0.25, -0.2) is 0 Å². The van der Waals surface area contributed by atoms with Crippen LogP contribution in [0.5, 0.6) is 5.75 Å². The Morgan fingerprint density at radius 3 is 2.79 bits per heavy atom. The van der Waals surface area contributed by atoms with Gasteiger partial charge in [-0.3, -0.25) is 4.79 Å². The average Bonchev–Trinajstić information content (AvgIpc) is 2.45. The van der Waals surface area contributed by atoms with E-state index in [0.29, 0.717) is 18.7 Å². The summed E-state index contributed by atoms with van der Waals surface area (Å²) in [6, 6.07) is 7.22. The summed E-state index contributed by atoms with van der Waals surface area (Å²) in [5.74, 6) is 0.776. The van der Waals surface area contributed by atoms with Crippen molar-refractivity contribution in [1.29, 1.82) is 0 Å². The van der Waals surface area contributed by atoms with Crippen LogP contribution < -0.4 is 4.74 Å². The van der Waals surface area contributed by atoms with E-state index in [4.69, 9.17) is 4.74 Å². The monoisotopic (exact) mass is 263 g/mol. The molecule has 1 aromatic rings. The van der Waals surface area contributed by atoms with E-state index >= 15 is 0 Å². The number of aliphatic hydroxyl groups is 1. The molecule has 1 heterocycles. The highest BCUT2D eigenvalue weighted by atomic mass is 16.5. The summed E-state index contributed by atoms with van der Waals surface area (Å²) in [5.41, 5.74) is 0.651. The van der Waals surface area contributed by atoms with Gasteiger partial charge in [-0.15, -0.1) is 0 Å². The number of carbonyl (C=O) groups is 1. The number of benzene rings is 1. The molecule has 0 radical (unpaired) electrons. The molecule has 19 heavy (non-hydrogen) atoms. The van der Waals surface area contributed by atoms with Crippen LogP contribution in [-0.4, -0.2) is 41.7 Å². The maximum Gasteiger partial charge on any atom is 0.253 e. The molecule has 0 aliphatic carbocycles. The molecule has 104 valence electrons. The SMILES string of the molecule is CCCOc1ccc(C(=O)N2CCC[C@H](O)C2)cc1. The molecule has 1 atom stereocenters. The Hall–Kier alpha value is -1.55. The van der Waals surface area contributed by atoms with Gasteiger partial charge in [0.25, 0.3) is 5.91 Å². The van der Waals surface area contributed by atoms with Gasteiger partial charge in [0.2, 0.25) is 0 Å². The van der Waals surface area contributed by atoms with Gasteiger partial charge in [-0.1, -0.05) is 6.92 Å². The summed E-state index contributed by atoms with van der Waals surface area (Å²) in [7, 11) is 0. The van der Waals surface area contributed by atoms with E-state index in [-0.39, 0.29) is 12.0 Å². The predicted molar refractivity (Wildman–Crippen MR) is 73.4 cm³/mol. The Morgan fingerprint density at radius 1 is 1.42 bits per heavy atom. The van der Waals surface area contributed by atoms with Crippen molar-refractivity contribution < 1.29 is 14.6 Å². The average molecular weight is 263 g/mol. The standard InChI is InChI=1S/C15H21NO3/c1-2-10-19-14-7-5-12(6-8-14)15(18)16-9-3-4-13(17)11-16/h5-8,13,17H,2-4,9-11H2,1H3/t13-/m0/s1. The number of hydrogen-bond donors (Lipinski definition) is 1. The number of hydrogen-bond acceptors (Lipinski definition) is 3. The molecule has 0 bridgehead atoms. The molecule has 0 aromatic heterocycles. The number of amides is 1. The minimum absolute atomic E-state index is 0.0132. The molecule has 2 rings (SSSR count). The molecule has 0 spiro atoms. The molecular formula is C15H21NO3. The molecule has 1 aliphatic heterocycles. The maximum atomic E-state index is 12.2. The van der Waals surface area contributed by atoms with Gasteiger partial charge in [-0.2, -0.15) is 0 Å². The second kappa shape index (κ2) is 6.57. The molecule has 4 heteroatoms. The van der Waals surface area contributed by atoms with E-state index in [1.807, 2.05) is 12.1 Å². The number of β-amino-alcohol motifs (C(OH)–C–C–N with tert-alkyl or cyclic N) is 1. The molecule has 1 aliphatic rings. The summed E-state index contributed by atoms with van der Waals surface area (Å²) in [6.07, 6.45) is 2.23. The number of nitrogens with zero attached hydrogens (tertiary/aromatic N) is 1. The third kappa shape index (κ3) is 3.70. The number of rotatable bonds is 4. The second-order valence-electron chi connectivity index (χ2n) is 4.92. The Kier molecular flexibility index (Phi) is 4.80. The van der Waals surface area contributed by atoms with Gasteiger partial charge in [0, 0.05) is 18.7 Å². The topological polar surface area (TPSA) is 49.8 Å². The van der Waals surface area contributed by atoms with Gasteiger partial charge < -0.3 is 14.7 Å². The zero-order valence-electron chi connectivity index (χ0n) is 11.3. The molecule has 1 saturated heterocycles. The minimum atomic E-state index is -0.384. The quantitative estimate of drug-likeness (QED) is 0.904. The lowest BCUT2D eigenvalue weighted by molar-refractivity contribution is 0.0473.